The van der Waals surface area contributed by atoms with Gasteiger partial charge in [-0.15, -0.1) is 0 Å². The lowest BCUT2D eigenvalue weighted by molar-refractivity contribution is -0.119. The van der Waals surface area contributed by atoms with Crippen LogP contribution in [0.1, 0.15) is 20.3 Å². The molecule has 1 aliphatic heterocycles. The summed E-state index contributed by atoms with van der Waals surface area (Å²) < 4.78 is 5.98. The topological polar surface area (TPSA) is 95.0 Å². The highest BCUT2D eigenvalue weighted by atomic mass is 79.9. The molecule has 2 N–H and O–H groups in total. The van der Waals surface area contributed by atoms with Gasteiger partial charge in [-0.25, -0.2) is 9.98 Å². The van der Waals surface area contributed by atoms with Gasteiger partial charge in [-0.05, 0) is 29.3 Å². The number of anilines is 1. The number of carbonyl (C=O) groups is 1. The van der Waals surface area contributed by atoms with Crippen LogP contribution >= 0.6 is 15.9 Å². The second-order valence-electron chi connectivity index (χ2n) is 6.02. The fraction of sp³-hybridized carbons (Fsp3) is 0.647. The van der Waals surface area contributed by atoms with E-state index in [9.17, 15) is 4.79 Å². The maximum absolute atomic E-state index is 11.8. The minimum atomic E-state index is -0.0544. The van der Waals surface area contributed by atoms with Crippen molar-refractivity contribution in [2.24, 2.45) is 4.99 Å². The van der Waals surface area contributed by atoms with Crippen molar-refractivity contribution < 1.29 is 9.53 Å². The summed E-state index contributed by atoms with van der Waals surface area (Å²) in [4.78, 5) is 29.4. The number of halogens is 1. The van der Waals surface area contributed by atoms with Crippen LogP contribution in [-0.2, 0) is 4.79 Å². The number of piperazine rings is 1. The Morgan fingerprint density at radius 3 is 2.67 bits per heavy atom. The molecule has 2 heterocycles. The van der Waals surface area contributed by atoms with Crippen LogP contribution in [0.15, 0.2) is 15.7 Å². The average molecular weight is 442 g/mol. The lowest BCUT2D eigenvalue weighted by atomic mass is 10.3. The van der Waals surface area contributed by atoms with E-state index in [1.165, 1.54) is 0 Å². The lowest BCUT2D eigenvalue weighted by Crippen LogP contribution is -2.53. The Morgan fingerprint density at radius 2 is 2.04 bits per heavy atom. The van der Waals surface area contributed by atoms with Gasteiger partial charge in [0.2, 0.25) is 17.7 Å². The summed E-state index contributed by atoms with van der Waals surface area (Å²) in [5.74, 6) is 1.88. The van der Waals surface area contributed by atoms with Crippen LogP contribution in [0.3, 0.4) is 0 Å². The van der Waals surface area contributed by atoms with Crippen LogP contribution in [0.2, 0.25) is 0 Å². The average Bonchev–Trinajstić information content (AvgIpc) is 2.70. The molecule has 10 heteroatoms. The number of nitrogens with zero attached hydrogens (tertiary/aromatic N) is 5. The molecule has 0 bridgehead atoms. The number of rotatable bonds is 7. The molecule has 0 aliphatic carbocycles. The maximum Gasteiger partial charge on any atom is 0.241 e. The summed E-state index contributed by atoms with van der Waals surface area (Å²) in [6, 6.07) is 0. The van der Waals surface area contributed by atoms with E-state index in [-0.39, 0.29) is 12.5 Å². The molecule has 0 unspecified atom stereocenters. The van der Waals surface area contributed by atoms with E-state index in [1.807, 2.05) is 13.8 Å². The number of nitrogens with one attached hydrogen (secondary N) is 2. The Labute approximate surface area is 168 Å². The predicted octanol–water partition coefficient (Wildman–Crippen LogP) is 0.861. The van der Waals surface area contributed by atoms with E-state index in [0.717, 1.165) is 49.6 Å². The predicted molar refractivity (Wildman–Crippen MR) is 109 cm³/mol. The van der Waals surface area contributed by atoms with Gasteiger partial charge in [0.05, 0.1) is 17.8 Å². The summed E-state index contributed by atoms with van der Waals surface area (Å²) in [6.07, 6.45) is 2.62. The van der Waals surface area contributed by atoms with Crippen LogP contribution in [0.25, 0.3) is 0 Å². The molecule has 27 heavy (non-hydrogen) atoms. The van der Waals surface area contributed by atoms with Crippen molar-refractivity contribution in [3.05, 3.63) is 10.7 Å². The molecule has 1 aromatic heterocycles. The van der Waals surface area contributed by atoms with Crippen LogP contribution in [-0.4, -0.2) is 79.7 Å². The van der Waals surface area contributed by atoms with E-state index < -0.39 is 0 Å². The Bertz CT molecular complexity index is 648. The second-order valence-corrected chi connectivity index (χ2v) is 6.88. The minimum absolute atomic E-state index is 0.0544. The molecular formula is C17H28BrN7O2. The molecule has 1 aromatic rings. The molecule has 1 saturated heterocycles. The standard InChI is InChI=1S/C17H28BrN7O2/c1-4-6-20-14(26)12-22-16(19-5-2)24-7-9-25(10-8-24)17-21-11-13(18)15(23-17)27-3/h11H,4-10,12H2,1-3H3,(H,19,22)(H,20,26). The third-order valence-electron chi connectivity index (χ3n) is 4.03. The molecule has 1 amide bonds. The Hall–Kier alpha value is -2.10. The monoisotopic (exact) mass is 441 g/mol. The third-order valence-corrected chi connectivity index (χ3v) is 4.58. The SMILES string of the molecule is CCCNC(=O)CN=C(NCC)N1CCN(c2ncc(Br)c(OC)n2)CC1. The highest BCUT2D eigenvalue weighted by Crippen LogP contribution is 2.23. The van der Waals surface area contributed by atoms with Gasteiger partial charge in [0.25, 0.3) is 0 Å². The van der Waals surface area contributed by atoms with Crippen LogP contribution in [0.5, 0.6) is 5.88 Å². The quantitative estimate of drug-likeness (QED) is 0.478. The number of aromatic nitrogens is 2. The lowest BCUT2D eigenvalue weighted by Gasteiger charge is -2.36. The third kappa shape index (κ3) is 6.23. The van der Waals surface area contributed by atoms with Gasteiger partial charge in [-0.1, -0.05) is 6.92 Å². The highest BCUT2D eigenvalue weighted by Gasteiger charge is 2.22. The van der Waals surface area contributed by atoms with Crippen molar-refractivity contribution in [1.82, 2.24) is 25.5 Å². The van der Waals surface area contributed by atoms with Crippen LogP contribution in [0, 0.1) is 0 Å². The van der Waals surface area contributed by atoms with Crippen molar-refractivity contribution in [3.63, 3.8) is 0 Å². The van der Waals surface area contributed by atoms with Crippen LogP contribution < -0.4 is 20.3 Å². The van der Waals surface area contributed by atoms with Crippen molar-refractivity contribution in [3.8, 4) is 5.88 Å². The molecular weight excluding hydrogens is 414 g/mol. The number of carbonyl (C=O) groups excluding carboxylic acids is 1. The molecule has 1 aliphatic rings. The first-order chi connectivity index (χ1) is 13.1. The maximum atomic E-state index is 11.8. The molecule has 0 spiro atoms. The zero-order valence-corrected chi connectivity index (χ0v) is 17.8. The zero-order chi connectivity index (χ0) is 19.6. The number of aliphatic imine (C=N–C) groups is 1. The van der Waals surface area contributed by atoms with Gasteiger partial charge in [0.1, 0.15) is 6.54 Å². The minimum Gasteiger partial charge on any atom is -0.480 e. The van der Waals surface area contributed by atoms with E-state index in [4.69, 9.17) is 4.74 Å². The van der Waals surface area contributed by atoms with Gasteiger partial charge in [0, 0.05) is 39.3 Å². The van der Waals surface area contributed by atoms with Gasteiger partial charge in [-0.3, -0.25) is 4.79 Å². The molecule has 0 saturated carbocycles. The Kier molecular flexibility index (Phi) is 8.56. The first-order valence-electron chi connectivity index (χ1n) is 9.20. The van der Waals surface area contributed by atoms with Crippen molar-refractivity contribution in [2.45, 2.75) is 20.3 Å². The van der Waals surface area contributed by atoms with E-state index in [2.05, 4.69) is 51.3 Å². The molecule has 0 radical (unpaired) electrons. The number of amides is 1. The molecule has 1 fully saturated rings. The van der Waals surface area contributed by atoms with Crippen molar-refractivity contribution >= 4 is 33.7 Å². The summed E-state index contributed by atoms with van der Waals surface area (Å²) in [6.45, 7) is 8.67. The molecule has 9 nitrogen and oxygen atoms in total. The summed E-state index contributed by atoms with van der Waals surface area (Å²) >= 11 is 3.37. The first kappa shape index (κ1) is 21.2. The fourth-order valence-electron chi connectivity index (χ4n) is 2.65. The Balaban J connectivity index is 1.95. The van der Waals surface area contributed by atoms with Crippen molar-refractivity contribution in [2.75, 3.05) is 57.8 Å². The largest absolute Gasteiger partial charge is 0.480 e. The normalized spacial score (nSPS) is 14.9. The van der Waals surface area contributed by atoms with Crippen LogP contribution in [0.4, 0.5) is 5.95 Å². The summed E-state index contributed by atoms with van der Waals surface area (Å²) in [7, 11) is 1.59. The van der Waals surface area contributed by atoms with Gasteiger partial charge < -0.3 is 25.2 Å². The van der Waals surface area contributed by atoms with E-state index in [1.54, 1.807) is 13.3 Å². The van der Waals surface area contributed by atoms with E-state index in [0.29, 0.717) is 18.4 Å². The molecule has 150 valence electrons. The number of ether oxygens (including phenoxy) is 1. The molecule has 0 atom stereocenters. The number of hydrogen-bond donors (Lipinski definition) is 2. The second kappa shape index (κ2) is 10.9. The number of methoxy groups -OCH3 is 1. The summed E-state index contributed by atoms with van der Waals surface area (Å²) in [5, 5.41) is 6.11. The van der Waals surface area contributed by atoms with Gasteiger partial charge in [0.15, 0.2) is 5.96 Å². The smallest absolute Gasteiger partial charge is 0.241 e. The zero-order valence-electron chi connectivity index (χ0n) is 16.2. The first-order valence-corrected chi connectivity index (χ1v) is 9.99. The van der Waals surface area contributed by atoms with Crippen molar-refractivity contribution in [1.29, 1.82) is 0 Å². The highest BCUT2D eigenvalue weighted by molar-refractivity contribution is 9.10. The summed E-state index contributed by atoms with van der Waals surface area (Å²) in [5.41, 5.74) is 0. The van der Waals surface area contributed by atoms with Gasteiger partial charge >= 0.3 is 0 Å². The molecule has 2 rings (SSSR count). The fourth-order valence-corrected chi connectivity index (χ4v) is 3.00. The number of guanidine groups is 1. The van der Waals surface area contributed by atoms with E-state index >= 15 is 0 Å². The number of hydrogen-bond acceptors (Lipinski definition) is 6. The van der Waals surface area contributed by atoms with Gasteiger partial charge in [-0.2, -0.15) is 4.98 Å². The molecule has 0 aromatic carbocycles. The Morgan fingerprint density at radius 1 is 1.30 bits per heavy atom.